The summed E-state index contributed by atoms with van der Waals surface area (Å²) < 4.78 is 26.8. The average molecular weight is 274 g/mol. The molecule has 1 N–H and O–H groups in total. The largest absolute Gasteiger partial charge is 0.465 e. The maximum atomic E-state index is 12.2. The van der Waals surface area contributed by atoms with Gasteiger partial charge in [0.15, 0.2) is 0 Å². The number of amides is 1. The Bertz CT molecular complexity index is 545. The van der Waals surface area contributed by atoms with E-state index in [1.54, 1.807) is 6.92 Å². The van der Waals surface area contributed by atoms with Gasteiger partial charge in [0.1, 0.15) is 5.82 Å². The topological polar surface area (TPSA) is 95.7 Å². The van der Waals surface area contributed by atoms with Crippen LogP contribution in [0.15, 0.2) is 12.4 Å². The number of aryl methyl sites for hydroxylation is 1. The van der Waals surface area contributed by atoms with E-state index in [-0.39, 0.29) is 26.2 Å². The molecule has 9 heteroatoms. The van der Waals surface area contributed by atoms with E-state index >= 15 is 0 Å². The molecule has 0 saturated carbocycles. The molecule has 1 aromatic rings. The summed E-state index contributed by atoms with van der Waals surface area (Å²) in [6, 6.07) is 0. The van der Waals surface area contributed by atoms with Crippen molar-refractivity contribution in [3.8, 4) is 0 Å². The molecule has 0 aromatic carbocycles. The molecule has 0 bridgehead atoms. The Morgan fingerprint density at radius 1 is 1.33 bits per heavy atom. The molecule has 0 atom stereocenters. The predicted octanol–water partition coefficient (Wildman–Crippen LogP) is -0.420. The van der Waals surface area contributed by atoms with E-state index in [4.69, 9.17) is 5.11 Å². The highest BCUT2D eigenvalue weighted by Gasteiger charge is 2.30. The molecule has 1 aliphatic heterocycles. The minimum Gasteiger partial charge on any atom is -0.465 e. The number of nitrogens with zero attached hydrogens (tertiary/aromatic N) is 4. The van der Waals surface area contributed by atoms with Crippen LogP contribution < -0.4 is 0 Å². The molecule has 1 amide bonds. The second kappa shape index (κ2) is 4.58. The van der Waals surface area contributed by atoms with Crippen molar-refractivity contribution in [2.75, 3.05) is 26.2 Å². The summed E-state index contributed by atoms with van der Waals surface area (Å²) in [5, 5.41) is 8.80. The average Bonchev–Trinajstić information content (AvgIpc) is 2.76. The monoisotopic (exact) mass is 274 g/mol. The third-order valence-electron chi connectivity index (χ3n) is 2.87. The molecule has 0 unspecified atom stereocenters. The normalized spacial score (nSPS) is 17.9. The van der Waals surface area contributed by atoms with Crippen LogP contribution >= 0.6 is 0 Å². The van der Waals surface area contributed by atoms with Crippen molar-refractivity contribution < 1.29 is 18.3 Å². The first kappa shape index (κ1) is 12.8. The van der Waals surface area contributed by atoms with Gasteiger partial charge in [-0.25, -0.2) is 13.8 Å². The molecule has 1 saturated heterocycles. The first-order valence-electron chi connectivity index (χ1n) is 5.41. The number of aromatic nitrogens is 2. The van der Waals surface area contributed by atoms with Gasteiger partial charge in [0, 0.05) is 38.6 Å². The Balaban J connectivity index is 2.15. The fourth-order valence-corrected chi connectivity index (χ4v) is 3.31. The number of piperazine rings is 1. The standard InChI is InChI=1S/C9H14N4O4S/c1-8-10-2-3-13(8)18(16,17)12-6-4-11(5-7-12)9(14)15/h2-3H,4-7H2,1H3,(H,14,15). The molecule has 2 rings (SSSR count). The Morgan fingerprint density at radius 3 is 2.39 bits per heavy atom. The van der Waals surface area contributed by atoms with Crippen LogP contribution in [-0.2, 0) is 10.2 Å². The van der Waals surface area contributed by atoms with Crippen LogP contribution in [0.1, 0.15) is 5.82 Å². The lowest BCUT2D eigenvalue weighted by molar-refractivity contribution is 0.126. The molecule has 1 aromatic heterocycles. The van der Waals surface area contributed by atoms with Gasteiger partial charge in [0.25, 0.3) is 0 Å². The van der Waals surface area contributed by atoms with Gasteiger partial charge in [-0.3, -0.25) is 0 Å². The van der Waals surface area contributed by atoms with E-state index in [0.717, 1.165) is 3.97 Å². The maximum absolute atomic E-state index is 12.2. The van der Waals surface area contributed by atoms with Crippen LogP contribution in [0.3, 0.4) is 0 Å². The Labute approximate surface area is 105 Å². The second-order valence-corrected chi connectivity index (χ2v) is 5.75. The molecule has 18 heavy (non-hydrogen) atoms. The number of imidazole rings is 1. The SMILES string of the molecule is Cc1nccn1S(=O)(=O)N1CCN(C(=O)O)CC1. The third kappa shape index (κ3) is 2.18. The Hall–Kier alpha value is -1.61. The predicted molar refractivity (Wildman–Crippen MR) is 62.5 cm³/mol. The summed E-state index contributed by atoms with van der Waals surface area (Å²) in [4.78, 5) is 15.8. The number of hydrogen-bond acceptors (Lipinski definition) is 4. The van der Waals surface area contributed by atoms with Gasteiger partial charge in [0.05, 0.1) is 0 Å². The van der Waals surface area contributed by atoms with E-state index < -0.39 is 16.3 Å². The summed E-state index contributed by atoms with van der Waals surface area (Å²) in [5.41, 5.74) is 0. The number of carboxylic acid groups (broad SMARTS) is 1. The van der Waals surface area contributed by atoms with Crippen LogP contribution in [0, 0.1) is 6.92 Å². The van der Waals surface area contributed by atoms with E-state index in [2.05, 4.69) is 4.98 Å². The lowest BCUT2D eigenvalue weighted by Crippen LogP contribution is -2.51. The number of rotatable bonds is 2. The molecule has 2 heterocycles. The van der Waals surface area contributed by atoms with Crippen molar-refractivity contribution >= 4 is 16.3 Å². The quantitative estimate of drug-likeness (QED) is 0.790. The van der Waals surface area contributed by atoms with Gasteiger partial charge in [-0.1, -0.05) is 0 Å². The zero-order valence-electron chi connectivity index (χ0n) is 9.85. The van der Waals surface area contributed by atoms with Crippen LogP contribution in [0.25, 0.3) is 0 Å². The fraction of sp³-hybridized carbons (Fsp3) is 0.556. The molecule has 1 aliphatic rings. The minimum atomic E-state index is -3.63. The minimum absolute atomic E-state index is 0.159. The summed E-state index contributed by atoms with van der Waals surface area (Å²) >= 11 is 0. The second-order valence-electron chi connectivity index (χ2n) is 3.95. The van der Waals surface area contributed by atoms with Crippen LogP contribution in [0.5, 0.6) is 0 Å². The van der Waals surface area contributed by atoms with Gasteiger partial charge >= 0.3 is 16.3 Å². The molecule has 0 radical (unpaired) electrons. The van der Waals surface area contributed by atoms with E-state index in [1.165, 1.54) is 21.6 Å². The smallest absolute Gasteiger partial charge is 0.407 e. The molecular weight excluding hydrogens is 260 g/mol. The van der Waals surface area contributed by atoms with Gasteiger partial charge in [0.2, 0.25) is 0 Å². The third-order valence-corrected chi connectivity index (χ3v) is 4.77. The van der Waals surface area contributed by atoms with Crippen molar-refractivity contribution in [3.63, 3.8) is 0 Å². The lowest BCUT2D eigenvalue weighted by atomic mass is 10.4. The molecule has 1 fully saturated rings. The molecule has 8 nitrogen and oxygen atoms in total. The van der Waals surface area contributed by atoms with Crippen LogP contribution in [0.4, 0.5) is 4.79 Å². The zero-order chi connectivity index (χ0) is 13.3. The van der Waals surface area contributed by atoms with Crippen LogP contribution in [0.2, 0.25) is 0 Å². The van der Waals surface area contributed by atoms with Gasteiger partial charge < -0.3 is 10.0 Å². The highest BCUT2D eigenvalue weighted by Crippen LogP contribution is 2.12. The first-order chi connectivity index (χ1) is 8.43. The summed E-state index contributed by atoms with van der Waals surface area (Å²) in [7, 11) is -3.63. The highest BCUT2D eigenvalue weighted by atomic mass is 32.2. The fourth-order valence-electron chi connectivity index (χ4n) is 1.84. The lowest BCUT2D eigenvalue weighted by Gasteiger charge is -2.32. The number of hydrogen-bond donors (Lipinski definition) is 1. The van der Waals surface area contributed by atoms with Gasteiger partial charge in [-0.2, -0.15) is 12.7 Å². The van der Waals surface area contributed by atoms with Crippen molar-refractivity contribution in [3.05, 3.63) is 18.2 Å². The molecule has 0 spiro atoms. The van der Waals surface area contributed by atoms with E-state index in [9.17, 15) is 13.2 Å². The van der Waals surface area contributed by atoms with Crippen molar-refractivity contribution in [1.82, 2.24) is 18.2 Å². The zero-order valence-corrected chi connectivity index (χ0v) is 10.7. The first-order valence-corrected chi connectivity index (χ1v) is 6.81. The maximum Gasteiger partial charge on any atom is 0.407 e. The number of carbonyl (C=O) groups is 1. The summed E-state index contributed by atoms with van der Waals surface area (Å²) in [6.07, 6.45) is 1.78. The van der Waals surface area contributed by atoms with E-state index in [0.29, 0.717) is 5.82 Å². The molecular formula is C9H14N4O4S. The Morgan fingerprint density at radius 2 is 1.94 bits per heavy atom. The highest BCUT2D eigenvalue weighted by molar-refractivity contribution is 7.87. The van der Waals surface area contributed by atoms with Crippen molar-refractivity contribution in [2.24, 2.45) is 0 Å². The summed E-state index contributed by atoms with van der Waals surface area (Å²) in [5.74, 6) is 0.385. The summed E-state index contributed by atoms with van der Waals surface area (Å²) in [6.45, 7) is 2.29. The molecule has 100 valence electrons. The van der Waals surface area contributed by atoms with Crippen molar-refractivity contribution in [1.29, 1.82) is 0 Å². The van der Waals surface area contributed by atoms with Crippen LogP contribution in [-0.4, -0.2) is 64.0 Å². The van der Waals surface area contributed by atoms with Gasteiger partial charge in [-0.15, -0.1) is 0 Å². The molecule has 0 aliphatic carbocycles. The van der Waals surface area contributed by atoms with E-state index in [1.807, 2.05) is 0 Å². The van der Waals surface area contributed by atoms with Gasteiger partial charge in [-0.05, 0) is 6.92 Å². The Kier molecular flexibility index (Phi) is 3.26. The van der Waals surface area contributed by atoms with Crippen molar-refractivity contribution in [2.45, 2.75) is 6.92 Å².